The molecule has 0 aliphatic carbocycles. The fourth-order valence-electron chi connectivity index (χ4n) is 3.82. The number of amides is 3. The molecule has 3 amide bonds. The first-order valence-corrected chi connectivity index (χ1v) is 9.78. The number of aliphatic imine (C=N–C) groups is 1. The highest BCUT2D eigenvalue weighted by Gasteiger charge is 2.44. The number of rotatable bonds is 3. The highest BCUT2D eigenvalue weighted by molar-refractivity contribution is 6.30. The van der Waals surface area contributed by atoms with Crippen molar-refractivity contribution in [3.8, 4) is 0 Å². The molecule has 1 aromatic heterocycles. The first-order chi connectivity index (χ1) is 14.1. The minimum Gasteiger partial charge on any atom is -0.378 e. The number of pyridine rings is 1. The molecule has 3 aliphatic heterocycles. The third-order valence-corrected chi connectivity index (χ3v) is 5.56. The molecule has 1 fully saturated rings. The van der Waals surface area contributed by atoms with Crippen molar-refractivity contribution in [1.29, 1.82) is 0 Å². The summed E-state index contributed by atoms with van der Waals surface area (Å²) in [5.41, 5.74) is 2.88. The fourth-order valence-corrected chi connectivity index (χ4v) is 3.94. The van der Waals surface area contributed by atoms with E-state index in [9.17, 15) is 9.59 Å². The molecule has 29 heavy (non-hydrogen) atoms. The van der Waals surface area contributed by atoms with Crippen LogP contribution in [-0.4, -0.2) is 60.0 Å². The quantitative estimate of drug-likeness (QED) is 0.837. The van der Waals surface area contributed by atoms with E-state index in [0.29, 0.717) is 41.9 Å². The number of fused-ring (bicyclic) bond motifs is 3. The molecule has 0 saturated carbocycles. The number of morpholine rings is 1. The normalized spacial score (nSPS) is 20.9. The Morgan fingerprint density at radius 1 is 1.17 bits per heavy atom. The van der Waals surface area contributed by atoms with Crippen molar-refractivity contribution in [2.45, 2.75) is 12.5 Å². The molecule has 1 N–H and O–H groups in total. The van der Waals surface area contributed by atoms with E-state index in [-0.39, 0.29) is 11.9 Å². The van der Waals surface area contributed by atoms with E-state index in [4.69, 9.17) is 16.3 Å². The van der Waals surface area contributed by atoms with Crippen molar-refractivity contribution in [3.05, 3.63) is 52.8 Å². The van der Waals surface area contributed by atoms with Gasteiger partial charge < -0.3 is 15.0 Å². The maximum Gasteiger partial charge on any atom is 0.328 e. The van der Waals surface area contributed by atoms with Crippen LogP contribution in [-0.2, 0) is 16.0 Å². The first kappa shape index (κ1) is 18.1. The van der Waals surface area contributed by atoms with Crippen LogP contribution in [0.3, 0.4) is 0 Å². The van der Waals surface area contributed by atoms with Crippen LogP contribution in [0.2, 0.25) is 5.02 Å². The maximum absolute atomic E-state index is 12.8. The summed E-state index contributed by atoms with van der Waals surface area (Å²) in [5, 5.41) is 3.49. The third-order valence-electron chi connectivity index (χ3n) is 5.31. The minimum absolute atomic E-state index is 0.307. The topological polar surface area (TPSA) is 87.1 Å². The SMILES string of the molecule is O=C1N=C2c3ncc(N4CCOCC4)cc3NC(=O)N2C1Cc1ccc(Cl)cc1. The van der Waals surface area contributed by atoms with Gasteiger partial charge in [0, 0.05) is 24.5 Å². The van der Waals surface area contributed by atoms with Gasteiger partial charge in [0.15, 0.2) is 5.84 Å². The van der Waals surface area contributed by atoms with Gasteiger partial charge in [-0.05, 0) is 23.8 Å². The van der Waals surface area contributed by atoms with Gasteiger partial charge in [0.1, 0.15) is 11.7 Å². The van der Waals surface area contributed by atoms with Gasteiger partial charge in [0.05, 0.1) is 30.8 Å². The van der Waals surface area contributed by atoms with E-state index in [1.54, 1.807) is 18.3 Å². The van der Waals surface area contributed by atoms with Crippen LogP contribution in [0.4, 0.5) is 16.2 Å². The van der Waals surface area contributed by atoms with Crippen molar-refractivity contribution in [3.63, 3.8) is 0 Å². The van der Waals surface area contributed by atoms with Gasteiger partial charge in [0.25, 0.3) is 5.91 Å². The van der Waals surface area contributed by atoms with Gasteiger partial charge in [-0.1, -0.05) is 23.7 Å². The van der Waals surface area contributed by atoms with Crippen molar-refractivity contribution in [2.75, 3.05) is 36.5 Å². The summed E-state index contributed by atoms with van der Waals surface area (Å²) in [5.74, 6) is -0.0433. The zero-order chi connectivity index (χ0) is 20.0. The van der Waals surface area contributed by atoms with E-state index in [1.165, 1.54) is 4.90 Å². The number of ether oxygens (including phenoxy) is 1. The number of halogens is 1. The molecule has 148 valence electrons. The molecule has 0 bridgehead atoms. The smallest absolute Gasteiger partial charge is 0.328 e. The Hall–Kier alpha value is -2.97. The molecular weight excluding hydrogens is 394 g/mol. The molecular formula is C20H18ClN5O3. The second-order valence-electron chi connectivity index (χ2n) is 7.11. The molecule has 5 rings (SSSR count). The number of nitrogens with one attached hydrogen (secondary N) is 1. The number of hydrogen-bond donors (Lipinski definition) is 1. The Balaban J connectivity index is 1.43. The zero-order valence-electron chi connectivity index (χ0n) is 15.5. The Kier molecular flexibility index (Phi) is 4.44. The molecule has 2 aromatic rings. The molecule has 8 nitrogen and oxygen atoms in total. The van der Waals surface area contributed by atoms with Crippen LogP contribution in [0, 0.1) is 0 Å². The maximum atomic E-state index is 12.8. The summed E-state index contributed by atoms with van der Waals surface area (Å²) in [6, 6.07) is 8.02. The molecule has 4 heterocycles. The molecule has 1 saturated heterocycles. The van der Waals surface area contributed by atoms with Crippen LogP contribution in [0.25, 0.3) is 0 Å². The van der Waals surface area contributed by atoms with Gasteiger partial charge in [-0.3, -0.25) is 9.69 Å². The lowest BCUT2D eigenvalue weighted by Crippen LogP contribution is -2.49. The highest BCUT2D eigenvalue weighted by Crippen LogP contribution is 2.32. The lowest BCUT2D eigenvalue weighted by molar-refractivity contribution is -0.119. The van der Waals surface area contributed by atoms with Gasteiger partial charge in [-0.25, -0.2) is 9.78 Å². The van der Waals surface area contributed by atoms with E-state index in [1.807, 2.05) is 18.2 Å². The van der Waals surface area contributed by atoms with Gasteiger partial charge >= 0.3 is 6.03 Å². The van der Waals surface area contributed by atoms with Crippen molar-refractivity contribution >= 4 is 40.7 Å². The summed E-state index contributed by atoms with van der Waals surface area (Å²) >= 11 is 5.93. The number of urea groups is 1. The fraction of sp³-hybridized carbons (Fsp3) is 0.300. The van der Waals surface area contributed by atoms with Crippen LogP contribution < -0.4 is 10.2 Å². The lowest BCUT2D eigenvalue weighted by Gasteiger charge is -2.32. The number of carbonyl (C=O) groups is 2. The van der Waals surface area contributed by atoms with E-state index < -0.39 is 6.04 Å². The Labute approximate surface area is 172 Å². The number of hydrogen-bond acceptors (Lipinski definition) is 5. The number of aromatic nitrogens is 1. The van der Waals surface area contributed by atoms with Crippen LogP contribution in [0.1, 0.15) is 11.3 Å². The van der Waals surface area contributed by atoms with Gasteiger partial charge in [-0.2, -0.15) is 4.99 Å². The summed E-state index contributed by atoms with van der Waals surface area (Å²) in [6.07, 6.45) is 2.11. The second kappa shape index (κ2) is 7.13. The molecule has 0 spiro atoms. The zero-order valence-corrected chi connectivity index (χ0v) is 16.2. The Morgan fingerprint density at radius 2 is 1.93 bits per heavy atom. The van der Waals surface area contributed by atoms with Crippen molar-refractivity contribution in [2.24, 2.45) is 4.99 Å². The molecule has 1 aromatic carbocycles. The summed E-state index contributed by atoms with van der Waals surface area (Å²) in [4.78, 5) is 37.7. The number of benzene rings is 1. The van der Waals surface area contributed by atoms with Crippen LogP contribution in [0.5, 0.6) is 0 Å². The first-order valence-electron chi connectivity index (χ1n) is 9.40. The number of amidine groups is 1. The average molecular weight is 412 g/mol. The highest BCUT2D eigenvalue weighted by atomic mass is 35.5. The Morgan fingerprint density at radius 3 is 2.69 bits per heavy atom. The van der Waals surface area contributed by atoms with Gasteiger partial charge in [0.2, 0.25) is 0 Å². The Bertz CT molecular complexity index is 1020. The van der Waals surface area contributed by atoms with E-state index in [2.05, 4.69) is 20.2 Å². The predicted octanol–water partition coefficient (Wildman–Crippen LogP) is 2.32. The minimum atomic E-state index is -0.694. The molecule has 0 radical (unpaired) electrons. The second-order valence-corrected chi connectivity index (χ2v) is 7.55. The molecule has 9 heteroatoms. The molecule has 3 aliphatic rings. The third kappa shape index (κ3) is 3.24. The largest absolute Gasteiger partial charge is 0.378 e. The van der Waals surface area contributed by atoms with Crippen molar-refractivity contribution in [1.82, 2.24) is 9.88 Å². The summed E-state index contributed by atoms with van der Waals surface area (Å²) in [7, 11) is 0. The monoisotopic (exact) mass is 411 g/mol. The predicted molar refractivity (Wildman–Crippen MR) is 109 cm³/mol. The van der Waals surface area contributed by atoms with Crippen molar-refractivity contribution < 1.29 is 14.3 Å². The van der Waals surface area contributed by atoms with Gasteiger partial charge in [-0.15, -0.1) is 0 Å². The standard InChI is InChI=1S/C20H18ClN5O3/c21-13-3-1-12(2-4-13)9-16-19(27)24-18-17-15(23-20(28)26(16)18)10-14(11-22-17)25-5-7-29-8-6-25/h1-4,10-11,16H,5-9H2,(H,23,28). The van der Waals surface area contributed by atoms with Crippen LogP contribution >= 0.6 is 11.6 Å². The summed E-state index contributed by atoms with van der Waals surface area (Å²) in [6.45, 7) is 2.85. The lowest BCUT2D eigenvalue weighted by atomic mass is 10.0. The van der Waals surface area contributed by atoms with Crippen LogP contribution in [0.15, 0.2) is 41.5 Å². The molecule has 1 atom stereocenters. The number of carbonyl (C=O) groups excluding carboxylic acids is 2. The molecule has 1 unspecified atom stereocenters. The average Bonchev–Trinajstić information content (AvgIpc) is 3.07. The number of anilines is 2. The number of nitrogens with zero attached hydrogens (tertiary/aromatic N) is 4. The summed E-state index contributed by atoms with van der Waals surface area (Å²) < 4.78 is 5.38. The van der Waals surface area contributed by atoms with E-state index >= 15 is 0 Å². The van der Waals surface area contributed by atoms with E-state index in [0.717, 1.165) is 24.3 Å².